The molecule has 0 unspecified atom stereocenters. The summed E-state index contributed by atoms with van der Waals surface area (Å²) in [6.45, 7) is 5.59. The number of rotatable bonds is 3. The Balaban J connectivity index is 1.84. The minimum atomic E-state index is -0.875. The highest BCUT2D eigenvalue weighted by Gasteiger charge is 2.39. The lowest BCUT2D eigenvalue weighted by Crippen LogP contribution is -2.37. The van der Waals surface area contributed by atoms with E-state index in [9.17, 15) is 14.3 Å². The molecule has 0 aliphatic carbocycles. The van der Waals surface area contributed by atoms with Gasteiger partial charge in [0, 0.05) is 13.1 Å². The van der Waals surface area contributed by atoms with Crippen LogP contribution in [0.4, 0.5) is 9.18 Å². The van der Waals surface area contributed by atoms with Crippen LogP contribution in [0.5, 0.6) is 0 Å². The molecule has 2 heterocycles. The molecule has 0 radical (unpaired) electrons. The van der Waals surface area contributed by atoms with Gasteiger partial charge in [-0.25, -0.2) is 9.18 Å². The Morgan fingerprint density at radius 2 is 2.00 bits per heavy atom. The van der Waals surface area contributed by atoms with Gasteiger partial charge < -0.3 is 14.9 Å². The van der Waals surface area contributed by atoms with E-state index in [2.05, 4.69) is 4.90 Å². The van der Waals surface area contributed by atoms with Crippen LogP contribution in [0.25, 0.3) is 0 Å². The van der Waals surface area contributed by atoms with Crippen LogP contribution in [0.3, 0.4) is 0 Å². The van der Waals surface area contributed by atoms with Crippen LogP contribution >= 0.6 is 0 Å². The van der Waals surface area contributed by atoms with E-state index in [1.165, 1.54) is 36.3 Å². The third-order valence-electron chi connectivity index (χ3n) is 5.26. The molecule has 2 fully saturated rings. The van der Waals surface area contributed by atoms with Gasteiger partial charge in [-0.3, -0.25) is 0 Å². The third-order valence-corrected chi connectivity index (χ3v) is 5.26. The van der Waals surface area contributed by atoms with Crippen molar-refractivity contribution >= 4 is 6.09 Å². The van der Waals surface area contributed by atoms with Crippen molar-refractivity contribution in [1.82, 2.24) is 9.80 Å². The van der Waals surface area contributed by atoms with Crippen LogP contribution < -0.4 is 0 Å². The van der Waals surface area contributed by atoms with Crippen LogP contribution in [0.2, 0.25) is 0 Å². The number of hydrogen-bond acceptors (Lipinski definition) is 2. The molecule has 0 aromatic heterocycles. The number of amides is 1. The lowest BCUT2D eigenvalue weighted by atomic mass is 9.90. The Morgan fingerprint density at radius 1 is 1.26 bits per heavy atom. The second kappa shape index (κ2) is 6.87. The van der Waals surface area contributed by atoms with Crippen molar-refractivity contribution in [3.05, 3.63) is 35.1 Å². The molecular formula is C18H25FN2O2. The van der Waals surface area contributed by atoms with E-state index in [-0.39, 0.29) is 17.8 Å². The summed E-state index contributed by atoms with van der Waals surface area (Å²) in [4.78, 5) is 15.6. The standard InChI is InChI=1S/C18H25FN2O2/c1-13-11-15(19)5-6-16(13)17-14(7-10-21(17)18(22)23)12-20-8-3-2-4-9-20/h5-6,11,14,17H,2-4,7-10,12H2,1H3,(H,22,23)/t14-,17+/m0/s1. The van der Waals surface area contributed by atoms with Gasteiger partial charge in [-0.15, -0.1) is 0 Å². The monoisotopic (exact) mass is 320 g/mol. The highest BCUT2D eigenvalue weighted by Crippen LogP contribution is 2.39. The highest BCUT2D eigenvalue weighted by molar-refractivity contribution is 5.66. The topological polar surface area (TPSA) is 43.8 Å². The number of nitrogens with zero attached hydrogens (tertiary/aromatic N) is 2. The number of aryl methyl sites for hydroxylation is 1. The molecule has 2 aliphatic rings. The SMILES string of the molecule is Cc1cc(F)ccc1[C@H]1[C@H](CN2CCCCC2)CCN1C(=O)O. The molecule has 2 saturated heterocycles. The van der Waals surface area contributed by atoms with Crippen LogP contribution in [0.1, 0.15) is 42.9 Å². The molecule has 0 saturated carbocycles. The number of carboxylic acid groups (broad SMARTS) is 1. The zero-order valence-electron chi connectivity index (χ0n) is 13.7. The number of hydrogen-bond donors (Lipinski definition) is 1. The van der Waals surface area contributed by atoms with E-state index >= 15 is 0 Å². The molecule has 126 valence electrons. The number of carbonyl (C=O) groups is 1. The molecule has 2 atom stereocenters. The zero-order valence-corrected chi connectivity index (χ0v) is 13.7. The quantitative estimate of drug-likeness (QED) is 0.924. The van der Waals surface area contributed by atoms with Gasteiger partial charge in [0.05, 0.1) is 6.04 Å². The fourth-order valence-electron chi connectivity index (χ4n) is 4.13. The minimum absolute atomic E-state index is 0.157. The van der Waals surface area contributed by atoms with Gasteiger partial charge in [0.15, 0.2) is 0 Å². The molecule has 2 aliphatic heterocycles. The number of piperidine rings is 1. The second-order valence-electron chi connectivity index (χ2n) is 6.83. The molecule has 4 nitrogen and oxygen atoms in total. The molecule has 23 heavy (non-hydrogen) atoms. The van der Waals surface area contributed by atoms with Crippen molar-refractivity contribution in [3.63, 3.8) is 0 Å². The van der Waals surface area contributed by atoms with Gasteiger partial charge in [-0.1, -0.05) is 12.5 Å². The number of halogens is 1. The van der Waals surface area contributed by atoms with E-state index in [1.807, 2.05) is 6.92 Å². The van der Waals surface area contributed by atoms with Crippen molar-refractivity contribution < 1.29 is 14.3 Å². The van der Waals surface area contributed by atoms with Gasteiger partial charge in [0.2, 0.25) is 0 Å². The fraction of sp³-hybridized carbons (Fsp3) is 0.611. The molecule has 1 aromatic rings. The summed E-state index contributed by atoms with van der Waals surface area (Å²) in [5.74, 6) is 0.0204. The van der Waals surface area contributed by atoms with Crippen LogP contribution in [0, 0.1) is 18.7 Å². The summed E-state index contributed by atoms with van der Waals surface area (Å²) in [7, 11) is 0. The van der Waals surface area contributed by atoms with Gasteiger partial charge in [0.25, 0.3) is 0 Å². The maximum absolute atomic E-state index is 13.4. The Bertz CT molecular complexity index is 572. The van der Waals surface area contributed by atoms with Crippen molar-refractivity contribution in [2.45, 2.75) is 38.6 Å². The lowest BCUT2D eigenvalue weighted by Gasteiger charge is -2.33. The molecule has 0 bridgehead atoms. The highest BCUT2D eigenvalue weighted by atomic mass is 19.1. The summed E-state index contributed by atoms with van der Waals surface area (Å²) < 4.78 is 13.4. The maximum Gasteiger partial charge on any atom is 0.407 e. The average Bonchev–Trinajstić information content (AvgIpc) is 2.92. The molecule has 5 heteroatoms. The van der Waals surface area contributed by atoms with Gasteiger partial charge in [-0.05, 0) is 68.5 Å². The average molecular weight is 320 g/mol. The van der Waals surface area contributed by atoms with Gasteiger partial charge >= 0.3 is 6.09 Å². The molecule has 1 amide bonds. The first-order valence-electron chi connectivity index (χ1n) is 8.54. The van der Waals surface area contributed by atoms with Crippen LogP contribution in [-0.2, 0) is 0 Å². The van der Waals surface area contributed by atoms with Crippen molar-refractivity contribution in [2.24, 2.45) is 5.92 Å². The summed E-state index contributed by atoms with van der Waals surface area (Å²) in [5.41, 5.74) is 1.79. The maximum atomic E-state index is 13.4. The van der Waals surface area contributed by atoms with Crippen LogP contribution in [-0.4, -0.2) is 47.2 Å². The number of benzene rings is 1. The smallest absolute Gasteiger partial charge is 0.407 e. The Hall–Kier alpha value is -1.62. The van der Waals surface area contributed by atoms with Gasteiger partial charge in [-0.2, -0.15) is 0 Å². The van der Waals surface area contributed by atoms with Crippen molar-refractivity contribution in [1.29, 1.82) is 0 Å². The van der Waals surface area contributed by atoms with Crippen molar-refractivity contribution in [2.75, 3.05) is 26.2 Å². The first kappa shape index (κ1) is 16.2. The first-order chi connectivity index (χ1) is 11.1. The summed E-state index contributed by atoms with van der Waals surface area (Å²) in [6, 6.07) is 4.55. The second-order valence-corrected chi connectivity index (χ2v) is 6.83. The summed E-state index contributed by atoms with van der Waals surface area (Å²) in [6.07, 6.45) is 3.76. The molecule has 1 aromatic carbocycles. The summed E-state index contributed by atoms with van der Waals surface area (Å²) in [5, 5.41) is 9.55. The molecular weight excluding hydrogens is 295 g/mol. The number of likely N-dealkylation sites (tertiary alicyclic amines) is 2. The zero-order chi connectivity index (χ0) is 16.4. The Labute approximate surface area is 136 Å². The summed E-state index contributed by atoms with van der Waals surface area (Å²) >= 11 is 0. The molecule has 0 spiro atoms. The molecule has 3 rings (SSSR count). The van der Waals surface area contributed by atoms with Gasteiger partial charge in [0.1, 0.15) is 5.82 Å². The van der Waals surface area contributed by atoms with Crippen molar-refractivity contribution in [3.8, 4) is 0 Å². The third kappa shape index (κ3) is 3.50. The van der Waals surface area contributed by atoms with E-state index < -0.39 is 6.09 Å². The van der Waals surface area contributed by atoms with E-state index in [0.29, 0.717) is 6.54 Å². The largest absolute Gasteiger partial charge is 0.465 e. The predicted octanol–water partition coefficient (Wildman–Crippen LogP) is 3.66. The molecule has 1 N–H and O–H groups in total. The lowest BCUT2D eigenvalue weighted by molar-refractivity contribution is 0.124. The minimum Gasteiger partial charge on any atom is -0.465 e. The van der Waals surface area contributed by atoms with E-state index in [1.54, 1.807) is 6.07 Å². The van der Waals surface area contributed by atoms with E-state index in [0.717, 1.165) is 37.2 Å². The fourth-order valence-corrected chi connectivity index (χ4v) is 4.13. The Kier molecular flexibility index (Phi) is 4.85. The normalized spacial score (nSPS) is 25.7. The first-order valence-corrected chi connectivity index (χ1v) is 8.54. The predicted molar refractivity (Wildman–Crippen MR) is 87.0 cm³/mol. The van der Waals surface area contributed by atoms with E-state index in [4.69, 9.17) is 0 Å². The van der Waals surface area contributed by atoms with Crippen LogP contribution in [0.15, 0.2) is 18.2 Å². The Morgan fingerprint density at radius 3 is 2.65 bits per heavy atom.